The minimum atomic E-state index is -0.109. The largest absolute Gasteiger partial charge is 0.338 e. The number of pyridine rings is 3. The Balaban J connectivity index is 1.55. The predicted molar refractivity (Wildman–Crippen MR) is 116 cm³/mol. The normalized spacial score (nSPS) is 11.4. The topological polar surface area (TPSA) is 112 Å². The van der Waals surface area contributed by atoms with E-state index in [4.69, 9.17) is 4.98 Å². The summed E-state index contributed by atoms with van der Waals surface area (Å²) in [6.07, 6.45) is 5.11. The second-order valence-electron chi connectivity index (χ2n) is 7.40. The second-order valence-corrected chi connectivity index (χ2v) is 7.40. The highest BCUT2D eigenvalue weighted by Crippen LogP contribution is 2.29. The number of aromatic amines is 2. The Morgan fingerprint density at radius 3 is 2.87 bits per heavy atom. The maximum Gasteiger partial charge on any atom is 0.226 e. The van der Waals surface area contributed by atoms with Crippen molar-refractivity contribution in [1.29, 1.82) is 0 Å². The zero-order chi connectivity index (χ0) is 20.7. The van der Waals surface area contributed by atoms with Gasteiger partial charge in [-0.15, -0.1) is 0 Å². The molecule has 8 nitrogen and oxygen atoms in total. The molecule has 0 atom stereocenters. The number of hydrogen-bond acceptors (Lipinski definition) is 5. The first-order valence-corrected chi connectivity index (χ1v) is 9.64. The third-order valence-electron chi connectivity index (χ3n) is 4.88. The van der Waals surface area contributed by atoms with Crippen LogP contribution in [0.4, 0.5) is 5.69 Å². The molecular formula is C22H19N7O. The highest BCUT2D eigenvalue weighted by atomic mass is 16.1. The van der Waals surface area contributed by atoms with Crippen LogP contribution in [0.5, 0.6) is 0 Å². The van der Waals surface area contributed by atoms with Crippen molar-refractivity contribution in [3.63, 3.8) is 0 Å². The Hall–Kier alpha value is -4.07. The van der Waals surface area contributed by atoms with Crippen molar-refractivity contribution in [1.82, 2.24) is 30.1 Å². The van der Waals surface area contributed by atoms with Crippen LogP contribution in [0.2, 0.25) is 0 Å². The lowest BCUT2D eigenvalue weighted by Gasteiger charge is -2.08. The summed E-state index contributed by atoms with van der Waals surface area (Å²) >= 11 is 0. The van der Waals surface area contributed by atoms with Gasteiger partial charge in [-0.2, -0.15) is 5.10 Å². The number of amides is 1. The van der Waals surface area contributed by atoms with E-state index in [-0.39, 0.29) is 11.8 Å². The van der Waals surface area contributed by atoms with Crippen LogP contribution in [0.15, 0.2) is 55.0 Å². The molecule has 148 valence electrons. The zero-order valence-corrected chi connectivity index (χ0v) is 16.5. The maximum atomic E-state index is 12.0. The quantitative estimate of drug-likeness (QED) is 0.422. The van der Waals surface area contributed by atoms with Crippen molar-refractivity contribution in [3.05, 3.63) is 55.0 Å². The number of anilines is 1. The first kappa shape index (κ1) is 18.0. The van der Waals surface area contributed by atoms with Crippen molar-refractivity contribution in [2.75, 3.05) is 5.32 Å². The first-order chi connectivity index (χ1) is 14.6. The van der Waals surface area contributed by atoms with E-state index < -0.39 is 0 Å². The van der Waals surface area contributed by atoms with Crippen molar-refractivity contribution >= 4 is 33.7 Å². The molecule has 0 aliphatic carbocycles. The van der Waals surface area contributed by atoms with Gasteiger partial charge < -0.3 is 10.3 Å². The van der Waals surface area contributed by atoms with Gasteiger partial charge in [0, 0.05) is 29.3 Å². The molecule has 0 saturated heterocycles. The lowest BCUT2D eigenvalue weighted by atomic mass is 10.1. The fourth-order valence-electron chi connectivity index (χ4n) is 3.27. The summed E-state index contributed by atoms with van der Waals surface area (Å²) in [5.41, 5.74) is 6.14. The van der Waals surface area contributed by atoms with E-state index in [1.807, 2.05) is 50.2 Å². The summed E-state index contributed by atoms with van der Waals surface area (Å²) in [5, 5.41) is 11.4. The number of rotatable bonds is 4. The SMILES string of the molecule is CC(C)C(=O)Nc1cncc(-c2ccc3[nH]nc(-c4cc5cccnc5[nH]4)c3n2)c1. The van der Waals surface area contributed by atoms with E-state index in [1.165, 1.54) is 0 Å². The number of nitrogens with one attached hydrogen (secondary N) is 3. The molecular weight excluding hydrogens is 378 g/mol. The highest BCUT2D eigenvalue weighted by Gasteiger charge is 2.14. The lowest BCUT2D eigenvalue weighted by molar-refractivity contribution is -0.118. The van der Waals surface area contributed by atoms with E-state index in [9.17, 15) is 4.79 Å². The van der Waals surface area contributed by atoms with Gasteiger partial charge >= 0.3 is 0 Å². The zero-order valence-electron chi connectivity index (χ0n) is 16.5. The fourth-order valence-corrected chi connectivity index (χ4v) is 3.27. The Bertz CT molecular complexity index is 1350. The van der Waals surface area contributed by atoms with E-state index >= 15 is 0 Å². The Kier molecular flexibility index (Phi) is 4.24. The molecule has 8 heteroatoms. The molecule has 0 saturated carbocycles. The van der Waals surface area contributed by atoms with Gasteiger partial charge in [-0.1, -0.05) is 13.8 Å². The number of nitrogens with zero attached hydrogens (tertiary/aromatic N) is 4. The van der Waals surface area contributed by atoms with Crippen LogP contribution in [-0.2, 0) is 4.79 Å². The van der Waals surface area contributed by atoms with Gasteiger partial charge in [0.05, 0.1) is 28.8 Å². The predicted octanol–water partition coefficient (Wildman–Crippen LogP) is 4.16. The average molecular weight is 397 g/mol. The summed E-state index contributed by atoms with van der Waals surface area (Å²) in [5.74, 6) is -0.163. The van der Waals surface area contributed by atoms with Gasteiger partial charge in [0.15, 0.2) is 0 Å². The fraction of sp³-hybridized carbons (Fsp3) is 0.136. The molecule has 5 aromatic heterocycles. The van der Waals surface area contributed by atoms with Gasteiger partial charge in [-0.3, -0.25) is 14.9 Å². The van der Waals surface area contributed by atoms with Gasteiger partial charge in [-0.25, -0.2) is 9.97 Å². The molecule has 0 aromatic carbocycles. The van der Waals surface area contributed by atoms with Crippen LogP contribution in [0.1, 0.15) is 13.8 Å². The maximum absolute atomic E-state index is 12.0. The van der Waals surface area contributed by atoms with Gasteiger partial charge in [0.25, 0.3) is 0 Å². The van der Waals surface area contributed by atoms with Gasteiger partial charge in [0.1, 0.15) is 16.9 Å². The molecule has 0 aliphatic heterocycles. The van der Waals surface area contributed by atoms with Crippen LogP contribution in [0.3, 0.4) is 0 Å². The van der Waals surface area contributed by atoms with Crippen molar-refractivity contribution in [2.45, 2.75) is 13.8 Å². The molecule has 0 fully saturated rings. The molecule has 0 radical (unpaired) electrons. The smallest absolute Gasteiger partial charge is 0.226 e. The molecule has 0 bridgehead atoms. The number of H-pyrrole nitrogens is 2. The van der Waals surface area contributed by atoms with Crippen LogP contribution in [-0.4, -0.2) is 36.0 Å². The molecule has 3 N–H and O–H groups in total. The van der Waals surface area contributed by atoms with Crippen LogP contribution < -0.4 is 5.32 Å². The monoisotopic (exact) mass is 397 g/mol. The summed E-state index contributed by atoms with van der Waals surface area (Å²) in [6.45, 7) is 3.70. The van der Waals surface area contributed by atoms with E-state index in [1.54, 1.807) is 18.6 Å². The summed E-state index contributed by atoms with van der Waals surface area (Å²) in [4.78, 5) is 28.7. The Morgan fingerprint density at radius 2 is 2.03 bits per heavy atom. The minimum absolute atomic E-state index is 0.0538. The molecule has 5 rings (SSSR count). The van der Waals surface area contributed by atoms with E-state index in [0.717, 1.165) is 44.7 Å². The number of carbonyl (C=O) groups excluding carboxylic acids is 1. The number of aromatic nitrogens is 6. The molecule has 1 amide bonds. The first-order valence-electron chi connectivity index (χ1n) is 9.64. The molecule has 5 heterocycles. The van der Waals surface area contributed by atoms with Crippen LogP contribution in [0, 0.1) is 5.92 Å². The standard InChI is InChI=1S/C22H19N7O/c1-12(2)22(30)25-15-8-14(10-23-11-15)16-5-6-17-19(26-16)20(29-28-17)18-9-13-4-3-7-24-21(13)27-18/h3-12H,1-2H3,(H,24,27)(H,25,30)(H,28,29). The number of fused-ring (bicyclic) bond motifs is 2. The van der Waals surface area contributed by atoms with Crippen molar-refractivity contribution in [3.8, 4) is 22.6 Å². The third-order valence-corrected chi connectivity index (χ3v) is 4.88. The van der Waals surface area contributed by atoms with Crippen molar-refractivity contribution < 1.29 is 4.79 Å². The molecule has 0 aliphatic rings. The van der Waals surface area contributed by atoms with E-state index in [0.29, 0.717) is 5.69 Å². The van der Waals surface area contributed by atoms with Crippen molar-refractivity contribution in [2.24, 2.45) is 5.92 Å². The lowest BCUT2D eigenvalue weighted by Crippen LogP contribution is -2.17. The Morgan fingerprint density at radius 1 is 1.13 bits per heavy atom. The minimum Gasteiger partial charge on any atom is -0.338 e. The highest BCUT2D eigenvalue weighted by molar-refractivity contribution is 5.94. The molecule has 0 unspecified atom stereocenters. The molecule has 30 heavy (non-hydrogen) atoms. The number of carbonyl (C=O) groups is 1. The van der Waals surface area contributed by atoms with Gasteiger partial charge in [-0.05, 0) is 36.4 Å². The molecule has 0 spiro atoms. The van der Waals surface area contributed by atoms with E-state index in [2.05, 4.69) is 30.5 Å². The Labute approximate surface area is 171 Å². The van der Waals surface area contributed by atoms with Gasteiger partial charge in [0.2, 0.25) is 5.91 Å². The average Bonchev–Trinajstić information content (AvgIpc) is 3.37. The van der Waals surface area contributed by atoms with Crippen LogP contribution in [0.25, 0.3) is 44.7 Å². The third kappa shape index (κ3) is 3.18. The summed E-state index contributed by atoms with van der Waals surface area (Å²) < 4.78 is 0. The second kappa shape index (κ2) is 7.07. The summed E-state index contributed by atoms with van der Waals surface area (Å²) in [6, 6.07) is 11.6. The number of hydrogen-bond donors (Lipinski definition) is 3. The summed E-state index contributed by atoms with van der Waals surface area (Å²) in [7, 11) is 0. The van der Waals surface area contributed by atoms with Crippen LogP contribution >= 0.6 is 0 Å². The molecule has 5 aromatic rings.